The second-order valence-corrected chi connectivity index (χ2v) is 7.38. The van der Waals surface area contributed by atoms with E-state index in [9.17, 15) is 9.59 Å². The molecule has 2 aromatic rings. The van der Waals surface area contributed by atoms with Crippen molar-refractivity contribution in [1.82, 2.24) is 10.4 Å². The highest BCUT2D eigenvalue weighted by Gasteiger charge is 2.33. The smallest absolute Gasteiger partial charge is 0.273 e. The standard InChI is InChI=1S/C18H13ClN2O2S2/c19-14-8-4-7-13(9-14)10-15-17(23)21(18(24)25-15)20-16(22)11-12-5-2-1-3-6-12/h1-10H,11H2,(H,20,22)/b15-10-. The van der Waals surface area contributed by atoms with Crippen molar-refractivity contribution in [2.75, 3.05) is 0 Å². The lowest BCUT2D eigenvalue weighted by atomic mass is 10.1. The van der Waals surface area contributed by atoms with E-state index < -0.39 is 0 Å². The van der Waals surface area contributed by atoms with Crippen molar-refractivity contribution >= 4 is 57.8 Å². The van der Waals surface area contributed by atoms with Crippen LogP contribution < -0.4 is 5.43 Å². The van der Waals surface area contributed by atoms with Crippen molar-refractivity contribution in [3.63, 3.8) is 0 Å². The fourth-order valence-corrected chi connectivity index (χ4v) is 3.64. The Balaban J connectivity index is 1.70. The monoisotopic (exact) mass is 388 g/mol. The first-order valence-corrected chi connectivity index (χ1v) is 9.00. The molecule has 0 aliphatic carbocycles. The zero-order valence-electron chi connectivity index (χ0n) is 12.9. The number of nitrogens with zero attached hydrogens (tertiary/aromatic N) is 1. The number of nitrogens with one attached hydrogen (secondary N) is 1. The lowest BCUT2D eigenvalue weighted by Gasteiger charge is -2.15. The van der Waals surface area contributed by atoms with Crippen LogP contribution in [0.4, 0.5) is 0 Å². The van der Waals surface area contributed by atoms with Gasteiger partial charge in [-0.05, 0) is 41.6 Å². The van der Waals surface area contributed by atoms with Crippen LogP contribution in [-0.4, -0.2) is 21.1 Å². The molecule has 2 amide bonds. The van der Waals surface area contributed by atoms with Gasteiger partial charge in [-0.25, -0.2) is 0 Å². The van der Waals surface area contributed by atoms with Gasteiger partial charge in [0, 0.05) is 5.02 Å². The van der Waals surface area contributed by atoms with E-state index in [2.05, 4.69) is 5.43 Å². The molecule has 0 radical (unpaired) electrons. The van der Waals surface area contributed by atoms with Crippen molar-refractivity contribution in [3.8, 4) is 0 Å². The number of thiocarbonyl (C=S) groups is 1. The lowest BCUT2D eigenvalue weighted by molar-refractivity contribution is -0.132. The number of hydrogen-bond donors (Lipinski definition) is 1. The van der Waals surface area contributed by atoms with Gasteiger partial charge < -0.3 is 0 Å². The Bertz CT molecular complexity index is 868. The second-order valence-electron chi connectivity index (χ2n) is 5.27. The molecule has 1 aliphatic rings. The SMILES string of the molecule is O=C(Cc1ccccc1)NN1C(=O)/C(=C/c2cccc(Cl)c2)SC1=S. The molecule has 0 bridgehead atoms. The Morgan fingerprint density at radius 2 is 1.96 bits per heavy atom. The van der Waals surface area contributed by atoms with Crippen molar-refractivity contribution in [2.45, 2.75) is 6.42 Å². The first kappa shape index (κ1) is 17.7. The summed E-state index contributed by atoms with van der Waals surface area (Å²) in [6.45, 7) is 0. The molecule has 3 rings (SSSR count). The molecule has 126 valence electrons. The third-order valence-electron chi connectivity index (χ3n) is 3.38. The van der Waals surface area contributed by atoms with Gasteiger partial charge >= 0.3 is 0 Å². The fraction of sp³-hybridized carbons (Fsp3) is 0.0556. The van der Waals surface area contributed by atoms with E-state index >= 15 is 0 Å². The highest BCUT2D eigenvalue weighted by atomic mass is 35.5. The number of rotatable bonds is 4. The van der Waals surface area contributed by atoms with Gasteiger partial charge in [0.25, 0.3) is 5.91 Å². The van der Waals surface area contributed by atoms with Gasteiger partial charge in [0.15, 0.2) is 4.32 Å². The summed E-state index contributed by atoms with van der Waals surface area (Å²) in [5.41, 5.74) is 4.23. The molecular formula is C18H13ClN2O2S2. The van der Waals surface area contributed by atoms with Crippen LogP contribution in [0, 0.1) is 0 Å². The van der Waals surface area contributed by atoms with Crippen LogP contribution in [0.25, 0.3) is 6.08 Å². The first-order chi connectivity index (χ1) is 12.0. The molecule has 0 saturated carbocycles. The van der Waals surface area contributed by atoms with Gasteiger partial charge in [0.2, 0.25) is 5.91 Å². The highest BCUT2D eigenvalue weighted by molar-refractivity contribution is 8.26. The summed E-state index contributed by atoms with van der Waals surface area (Å²) in [6, 6.07) is 16.4. The molecule has 0 spiro atoms. The van der Waals surface area contributed by atoms with Crippen molar-refractivity contribution < 1.29 is 9.59 Å². The Morgan fingerprint density at radius 3 is 2.68 bits per heavy atom. The van der Waals surface area contributed by atoms with Crippen molar-refractivity contribution in [2.24, 2.45) is 0 Å². The molecule has 1 aliphatic heterocycles. The predicted octanol–water partition coefficient (Wildman–Crippen LogP) is 3.82. The number of carbonyl (C=O) groups excluding carboxylic acids is 2. The van der Waals surface area contributed by atoms with Crippen LogP contribution in [-0.2, 0) is 16.0 Å². The summed E-state index contributed by atoms with van der Waals surface area (Å²) in [6.07, 6.45) is 1.87. The van der Waals surface area contributed by atoms with Crippen LogP contribution in [0.1, 0.15) is 11.1 Å². The summed E-state index contributed by atoms with van der Waals surface area (Å²) >= 11 is 12.3. The van der Waals surface area contributed by atoms with E-state index in [4.69, 9.17) is 23.8 Å². The zero-order valence-corrected chi connectivity index (χ0v) is 15.3. The summed E-state index contributed by atoms with van der Waals surface area (Å²) in [4.78, 5) is 25.1. The summed E-state index contributed by atoms with van der Waals surface area (Å²) < 4.78 is 0.291. The van der Waals surface area contributed by atoms with Gasteiger partial charge in [-0.2, -0.15) is 5.01 Å². The van der Waals surface area contributed by atoms with E-state index in [0.717, 1.165) is 27.9 Å². The average molecular weight is 389 g/mol. The highest BCUT2D eigenvalue weighted by Crippen LogP contribution is 2.31. The van der Waals surface area contributed by atoms with Gasteiger partial charge in [-0.1, -0.05) is 65.8 Å². The predicted molar refractivity (Wildman–Crippen MR) is 105 cm³/mol. The fourth-order valence-electron chi connectivity index (χ4n) is 2.26. The lowest BCUT2D eigenvalue weighted by Crippen LogP contribution is -2.45. The molecule has 1 N–H and O–H groups in total. The first-order valence-electron chi connectivity index (χ1n) is 7.40. The largest absolute Gasteiger partial charge is 0.285 e. The van der Waals surface area contributed by atoms with Crippen LogP contribution >= 0.6 is 35.6 Å². The van der Waals surface area contributed by atoms with Gasteiger partial charge in [0.05, 0.1) is 11.3 Å². The topological polar surface area (TPSA) is 49.4 Å². The normalized spacial score (nSPS) is 15.7. The Hall–Kier alpha value is -2.15. The number of carbonyl (C=O) groups is 2. The Morgan fingerprint density at radius 1 is 1.20 bits per heavy atom. The van der Waals surface area contributed by atoms with Crippen LogP contribution in [0.2, 0.25) is 5.02 Å². The van der Waals surface area contributed by atoms with E-state index in [-0.39, 0.29) is 18.2 Å². The number of amides is 2. The molecular weight excluding hydrogens is 376 g/mol. The van der Waals surface area contributed by atoms with E-state index in [1.165, 1.54) is 0 Å². The summed E-state index contributed by atoms with van der Waals surface area (Å²) in [5, 5.41) is 1.70. The van der Waals surface area contributed by atoms with Gasteiger partial charge in [0.1, 0.15) is 0 Å². The third-order valence-corrected chi connectivity index (χ3v) is 4.92. The van der Waals surface area contributed by atoms with E-state index in [1.54, 1.807) is 24.3 Å². The molecule has 2 aromatic carbocycles. The van der Waals surface area contributed by atoms with Crippen molar-refractivity contribution in [3.05, 3.63) is 75.7 Å². The number of benzene rings is 2. The van der Waals surface area contributed by atoms with Crippen LogP contribution in [0.3, 0.4) is 0 Å². The van der Waals surface area contributed by atoms with Gasteiger partial charge in [-0.3, -0.25) is 15.0 Å². The van der Waals surface area contributed by atoms with E-state index in [1.807, 2.05) is 36.4 Å². The van der Waals surface area contributed by atoms with Gasteiger partial charge in [-0.15, -0.1) is 0 Å². The minimum Gasteiger partial charge on any atom is -0.273 e. The second kappa shape index (κ2) is 7.82. The minimum atomic E-state index is -0.351. The van der Waals surface area contributed by atoms with Crippen LogP contribution in [0.15, 0.2) is 59.5 Å². The number of hydrogen-bond acceptors (Lipinski definition) is 4. The molecule has 1 saturated heterocycles. The molecule has 0 atom stereocenters. The maximum absolute atomic E-state index is 12.5. The quantitative estimate of drug-likeness (QED) is 0.639. The molecule has 4 nitrogen and oxygen atoms in total. The Labute approximate surface area is 159 Å². The number of halogens is 1. The zero-order chi connectivity index (χ0) is 17.8. The average Bonchev–Trinajstić information content (AvgIpc) is 2.83. The molecule has 0 unspecified atom stereocenters. The summed E-state index contributed by atoms with van der Waals surface area (Å²) in [7, 11) is 0. The number of hydrazine groups is 1. The maximum atomic E-state index is 12.5. The van der Waals surface area contributed by atoms with Crippen molar-refractivity contribution in [1.29, 1.82) is 0 Å². The molecule has 1 fully saturated rings. The molecule has 0 aromatic heterocycles. The third kappa shape index (κ3) is 4.48. The van der Waals surface area contributed by atoms with E-state index in [0.29, 0.717) is 14.2 Å². The minimum absolute atomic E-state index is 0.172. The van der Waals surface area contributed by atoms with Crippen LogP contribution in [0.5, 0.6) is 0 Å². The molecule has 7 heteroatoms. The molecule has 25 heavy (non-hydrogen) atoms. The Kier molecular flexibility index (Phi) is 5.53. The maximum Gasteiger partial charge on any atom is 0.285 e. The summed E-state index contributed by atoms with van der Waals surface area (Å²) in [5.74, 6) is -0.650. The number of thioether (sulfide) groups is 1. The molecule has 1 heterocycles.